The fourth-order valence-corrected chi connectivity index (χ4v) is 5.19. The lowest BCUT2D eigenvalue weighted by Crippen LogP contribution is -2.45. The number of nitrogens with one attached hydrogen (secondary N) is 1. The minimum Gasteiger partial charge on any atom is -0.497 e. The predicted molar refractivity (Wildman–Crippen MR) is 119 cm³/mol. The molecule has 0 spiro atoms. The van der Waals surface area contributed by atoms with Crippen molar-refractivity contribution in [3.8, 4) is 11.5 Å². The second kappa shape index (κ2) is 10.6. The van der Waals surface area contributed by atoms with Crippen LogP contribution in [0.5, 0.6) is 11.5 Å². The van der Waals surface area contributed by atoms with Crippen molar-refractivity contribution < 1.29 is 22.7 Å². The third-order valence-corrected chi connectivity index (χ3v) is 7.28. The van der Waals surface area contributed by atoms with E-state index in [-0.39, 0.29) is 23.3 Å². The van der Waals surface area contributed by atoms with Crippen molar-refractivity contribution in [2.45, 2.75) is 31.1 Å². The lowest BCUT2D eigenvalue weighted by molar-refractivity contribution is -0.126. The van der Waals surface area contributed by atoms with Crippen LogP contribution in [0.4, 0.5) is 0 Å². The normalized spacial score (nSPS) is 17.2. The molecule has 2 aromatic carbocycles. The van der Waals surface area contributed by atoms with E-state index in [0.717, 1.165) is 11.3 Å². The second-order valence-corrected chi connectivity index (χ2v) is 9.43. The lowest BCUT2D eigenvalue weighted by atomic mass is 9.99. The molecule has 0 radical (unpaired) electrons. The van der Waals surface area contributed by atoms with Gasteiger partial charge in [-0.15, -0.1) is 0 Å². The van der Waals surface area contributed by atoms with Crippen molar-refractivity contribution in [3.05, 3.63) is 54.1 Å². The van der Waals surface area contributed by atoms with Crippen molar-refractivity contribution in [1.29, 1.82) is 0 Å². The smallest absolute Gasteiger partial charge is 0.243 e. The average Bonchev–Trinajstić information content (AvgIpc) is 2.80. The monoisotopic (exact) mass is 446 g/mol. The number of amides is 1. The molecule has 3 rings (SSSR count). The van der Waals surface area contributed by atoms with Gasteiger partial charge in [-0.3, -0.25) is 4.79 Å². The number of hydrogen-bond donors (Lipinski definition) is 1. The summed E-state index contributed by atoms with van der Waals surface area (Å²) in [5, 5.41) is 2.95. The van der Waals surface area contributed by atoms with Gasteiger partial charge in [-0.05, 0) is 68.1 Å². The van der Waals surface area contributed by atoms with E-state index in [1.807, 2.05) is 31.2 Å². The van der Waals surface area contributed by atoms with E-state index in [9.17, 15) is 13.2 Å². The van der Waals surface area contributed by atoms with Crippen LogP contribution in [0.1, 0.15) is 25.3 Å². The Bertz CT molecular complexity index is 958. The van der Waals surface area contributed by atoms with Gasteiger partial charge in [-0.2, -0.15) is 4.31 Å². The molecule has 0 aliphatic carbocycles. The van der Waals surface area contributed by atoms with Gasteiger partial charge in [0.1, 0.15) is 11.5 Å². The number of nitrogens with zero attached hydrogens (tertiary/aromatic N) is 1. The number of piperidine rings is 1. The molecule has 7 nitrogen and oxygen atoms in total. The first-order chi connectivity index (χ1) is 14.9. The van der Waals surface area contributed by atoms with E-state index in [1.165, 1.54) is 4.31 Å². The summed E-state index contributed by atoms with van der Waals surface area (Å²) in [6, 6.07) is 14.1. The number of carbonyl (C=O) groups is 1. The van der Waals surface area contributed by atoms with Gasteiger partial charge in [0.05, 0.1) is 24.5 Å². The number of carbonyl (C=O) groups excluding carboxylic acids is 1. The molecule has 1 aliphatic heterocycles. The Morgan fingerprint density at radius 3 is 2.42 bits per heavy atom. The zero-order chi connectivity index (χ0) is 22.3. The molecule has 168 valence electrons. The maximum absolute atomic E-state index is 13.0. The number of benzene rings is 2. The van der Waals surface area contributed by atoms with E-state index in [4.69, 9.17) is 9.47 Å². The van der Waals surface area contributed by atoms with E-state index in [1.54, 1.807) is 31.4 Å². The standard InChI is InChI=1S/C23H30N2O5S/c1-3-30-21-10-12-22(13-11-21)31(27,28)25-16-4-5-19(17-25)23(26)24-15-14-18-6-8-20(29-2)9-7-18/h6-13,19H,3-5,14-17H2,1-2H3,(H,24,26)/t19-/m1/s1. The van der Waals surface area contributed by atoms with Gasteiger partial charge >= 0.3 is 0 Å². The summed E-state index contributed by atoms with van der Waals surface area (Å²) in [7, 11) is -2.02. The summed E-state index contributed by atoms with van der Waals surface area (Å²) in [4.78, 5) is 12.9. The highest BCUT2D eigenvalue weighted by atomic mass is 32.2. The third kappa shape index (κ3) is 5.98. The summed E-state index contributed by atoms with van der Waals surface area (Å²) in [5.41, 5.74) is 1.10. The van der Waals surface area contributed by atoms with E-state index in [2.05, 4.69) is 5.32 Å². The topological polar surface area (TPSA) is 84.9 Å². The van der Waals surface area contributed by atoms with E-state index in [0.29, 0.717) is 44.7 Å². The van der Waals surface area contributed by atoms with Crippen molar-refractivity contribution in [2.24, 2.45) is 5.92 Å². The van der Waals surface area contributed by atoms with Crippen LogP contribution in [0.2, 0.25) is 0 Å². The van der Waals surface area contributed by atoms with Crippen LogP contribution in [0.25, 0.3) is 0 Å². The Hall–Kier alpha value is -2.58. The van der Waals surface area contributed by atoms with Gasteiger partial charge < -0.3 is 14.8 Å². The van der Waals surface area contributed by atoms with Crippen LogP contribution in [0.15, 0.2) is 53.4 Å². The maximum Gasteiger partial charge on any atom is 0.243 e. The number of rotatable bonds is 9. The Balaban J connectivity index is 1.55. The zero-order valence-corrected chi connectivity index (χ0v) is 18.9. The summed E-state index contributed by atoms with van der Waals surface area (Å²) in [6.07, 6.45) is 2.05. The van der Waals surface area contributed by atoms with Gasteiger partial charge in [0.25, 0.3) is 0 Å². The van der Waals surface area contributed by atoms with Gasteiger partial charge in [-0.1, -0.05) is 12.1 Å². The molecule has 0 aromatic heterocycles. The predicted octanol–water partition coefficient (Wildman–Crippen LogP) is 2.85. The average molecular weight is 447 g/mol. The third-order valence-electron chi connectivity index (χ3n) is 5.40. The molecule has 1 N–H and O–H groups in total. The molecule has 1 atom stereocenters. The molecular weight excluding hydrogens is 416 g/mol. The SMILES string of the molecule is CCOc1ccc(S(=O)(=O)N2CCC[C@@H](C(=O)NCCc3ccc(OC)cc3)C2)cc1. The minimum atomic E-state index is -3.64. The van der Waals surface area contributed by atoms with Crippen molar-refractivity contribution in [1.82, 2.24) is 9.62 Å². The molecule has 0 bridgehead atoms. The molecule has 0 unspecified atom stereocenters. The number of hydrogen-bond acceptors (Lipinski definition) is 5. The number of ether oxygens (including phenoxy) is 2. The molecular formula is C23H30N2O5S. The van der Waals surface area contributed by atoms with Crippen LogP contribution < -0.4 is 14.8 Å². The molecule has 1 saturated heterocycles. The first-order valence-corrected chi connectivity index (χ1v) is 12.0. The molecule has 0 saturated carbocycles. The summed E-state index contributed by atoms with van der Waals surface area (Å²) < 4.78 is 38.0. The van der Waals surface area contributed by atoms with Gasteiger partial charge in [0.15, 0.2) is 0 Å². The number of methoxy groups -OCH3 is 1. The quantitative estimate of drug-likeness (QED) is 0.640. The molecule has 2 aromatic rings. The largest absolute Gasteiger partial charge is 0.497 e. The van der Waals surface area contributed by atoms with Crippen LogP contribution in [0.3, 0.4) is 0 Å². The van der Waals surface area contributed by atoms with Crippen LogP contribution in [-0.2, 0) is 21.2 Å². The van der Waals surface area contributed by atoms with Gasteiger partial charge in [0.2, 0.25) is 15.9 Å². The molecule has 1 amide bonds. The fourth-order valence-electron chi connectivity index (χ4n) is 3.66. The van der Waals surface area contributed by atoms with Gasteiger partial charge in [-0.25, -0.2) is 8.42 Å². The zero-order valence-electron chi connectivity index (χ0n) is 18.0. The first-order valence-electron chi connectivity index (χ1n) is 10.6. The Kier molecular flexibility index (Phi) is 7.92. The maximum atomic E-state index is 13.0. The number of sulfonamides is 1. The minimum absolute atomic E-state index is 0.0971. The highest BCUT2D eigenvalue weighted by Gasteiger charge is 2.33. The van der Waals surface area contributed by atoms with Crippen LogP contribution in [0, 0.1) is 5.92 Å². The summed E-state index contributed by atoms with van der Waals surface area (Å²) >= 11 is 0. The van der Waals surface area contributed by atoms with Crippen molar-refractivity contribution >= 4 is 15.9 Å². The van der Waals surface area contributed by atoms with E-state index >= 15 is 0 Å². The Morgan fingerprint density at radius 2 is 1.77 bits per heavy atom. The van der Waals surface area contributed by atoms with Gasteiger partial charge in [0, 0.05) is 19.6 Å². The molecule has 8 heteroatoms. The Morgan fingerprint density at radius 1 is 1.10 bits per heavy atom. The van der Waals surface area contributed by atoms with Crippen molar-refractivity contribution in [3.63, 3.8) is 0 Å². The molecule has 1 fully saturated rings. The van der Waals surface area contributed by atoms with Crippen molar-refractivity contribution in [2.75, 3.05) is 33.4 Å². The van der Waals surface area contributed by atoms with E-state index < -0.39 is 10.0 Å². The molecule has 1 aliphatic rings. The highest BCUT2D eigenvalue weighted by molar-refractivity contribution is 7.89. The van der Waals surface area contributed by atoms with Crippen LogP contribution >= 0.6 is 0 Å². The first kappa shape index (κ1) is 23.1. The lowest BCUT2D eigenvalue weighted by Gasteiger charge is -2.31. The molecule has 31 heavy (non-hydrogen) atoms. The Labute approximate surface area is 184 Å². The summed E-state index contributed by atoms with van der Waals surface area (Å²) in [6.45, 7) is 3.52. The highest BCUT2D eigenvalue weighted by Crippen LogP contribution is 2.25. The molecule has 1 heterocycles. The van der Waals surface area contributed by atoms with Crippen LogP contribution in [-0.4, -0.2) is 52.0 Å². The summed E-state index contributed by atoms with van der Waals surface area (Å²) in [5.74, 6) is 0.986. The second-order valence-electron chi connectivity index (χ2n) is 7.50. The fraction of sp³-hybridized carbons (Fsp3) is 0.435.